The van der Waals surface area contributed by atoms with Gasteiger partial charge in [0.15, 0.2) is 6.10 Å². The van der Waals surface area contributed by atoms with Gasteiger partial charge in [0.2, 0.25) is 0 Å². The van der Waals surface area contributed by atoms with Gasteiger partial charge in [-0.15, -0.1) is 0 Å². The van der Waals surface area contributed by atoms with Gasteiger partial charge >= 0.3 is 0 Å². The summed E-state index contributed by atoms with van der Waals surface area (Å²) in [6.07, 6.45) is -0.0524. The van der Waals surface area contributed by atoms with Gasteiger partial charge in [0, 0.05) is 14.2 Å². The van der Waals surface area contributed by atoms with Gasteiger partial charge in [0.05, 0.1) is 0 Å². The molecule has 1 amide bonds. The predicted molar refractivity (Wildman–Crippen MR) is 45.3 cm³/mol. The highest BCUT2D eigenvalue weighted by atomic mass is 16.7. The molecule has 0 bridgehead atoms. The first kappa shape index (κ1) is 11.1. The lowest BCUT2D eigenvalue weighted by molar-refractivity contribution is -0.194. The van der Waals surface area contributed by atoms with Crippen molar-refractivity contribution in [1.29, 1.82) is 0 Å². The van der Waals surface area contributed by atoms with Crippen molar-refractivity contribution in [3.8, 4) is 0 Å². The lowest BCUT2D eigenvalue weighted by Gasteiger charge is -2.42. The Kier molecular flexibility index (Phi) is 3.99. The van der Waals surface area contributed by atoms with E-state index in [1.54, 1.807) is 0 Å². The van der Waals surface area contributed by atoms with Crippen molar-refractivity contribution >= 4 is 12.2 Å². The Morgan fingerprint density at radius 3 is 2.64 bits per heavy atom. The number of hydrogen-bond acceptors (Lipinski definition) is 5. The van der Waals surface area contributed by atoms with Gasteiger partial charge < -0.3 is 23.9 Å². The molecular formula is C8H13NO5. The van der Waals surface area contributed by atoms with Crippen molar-refractivity contribution in [2.75, 3.05) is 27.7 Å². The van der Waals surface area contributed by atoms with Crippen LogP contribution in [0.5, 0.6) is 0 Å². The molecule has 6 nitrogen and oxygen atoms in total. The molecule has 14 heavy (non-hydrogen) atoms. The van der Waals surface area contributed by atoms with Crippen LogP contribution in [0.2, 0.25) is 0 Å². The van der Waals surface area contributed by atoms with Crippen LogP contribution in [0.3, 0.4) is 0 Å². The Morgan fingerprint density at radius 1 is 1.43 bits per heavy atom. The van der Waals surface area contributed by atoms with Crippen molar-refractivity contribution in [3.05, 3.63) is 0 Å². The maximum Gasteiger partial charge on any atom is 0.256 e. The first-order valence-electron chi connectivity index (χ1n) is 4.11. The van der Waals surface area contributed by atoms with E-state index in [-0.39, 0.29) is 19.4 Å². The fraction of sp³-hybridized carbons (Fsp3) is 0.750. The number of nitrogens with zero attached hydrogens (tertiary/aromatic N) is 1. The third-order valence-corrected chi connectivity index (χ3v) is 1.97. The molecule has 0 aromatic rings. The number of rotatable bonds is 6. The van der Waals surface area contributed by atoms with E-state index in [9.17, 15) is 9.59 Å². The van der Waals surface area contributed by atoms with Gasteiger partial charge in [-0.2, -0.15) is 0 Å². The topological polar surface area (TPSA) is 65.1 Å². The number of carbonyl (C=O) groups is 2. The molecular weight excluding hydrogens is 190 g/mol. The quantitative estimate of drug-likeness (QED) is 0.314. The molecule has 1 heterocycles. The molecule has 0 aromatic heterocycles. The fourth-order valence-corrected chi connectivity index (χ4v) is 1.28. The summed E-state index contributed by atoms with van der Waals surface area (Å²) in [5.41, 5.74) is 0. The molecule has 80 valence electrons. The number of hydrogen-bond donors (Lipinski definition) is 0. The van der Waals surface area contributed by atoms with E-state index in [1.807, 2.05) is 0 Å². The van der Waals surface area contributed by atoms with Crippen molar-refractivity contribution in [2.24, 2.45) is 0 Å². The number of aldehydes is 1. The van der Waals surface area contributed by atoms with Crippen LogP contribution in [0.15, 0.2) is 0 Å². The Bertz CT molecular complexity index is 220. The first-order chi connectivity index (χ1) is 6.76. The lowest BCUT2D eigenvalue weighted by Crippen LogP contribution is -2.66. The molecule has 1 rings (SSSR count). The van der Waals surface area contributed by atoms with Crippen molar-refractivity contribution in [1.82, 2.24) is 4.90 Å². The highest BCUT2D eigenvalue weighted by Crippen LogP contribution is 2.21. The van der Waals surface area contributed by atoms with Crippen molar-refractivity contribution in [3.63, 3.8) is 0 Å². The second-order valence-corrected chi connectivity index (χ2v) is 2.85. The van der Waals surface area contributed by atoms with Gasteiger partial charge in [0.1, 0.15) is 25.9 Å². The number of likely N-dealkylation sites (tertiary alicyclic amines) is 1. The monoisotopic (exact) mass is 203 g/mol. The van der Waals surface area contributed by atoms with E-state index < -0.39 is 12.1 Å². The second kappa shape index (κ2) is 5.04. The summed E-state index contributed by atoms with van der Waals surface area (Å²) in [5, 5.41) is 0. The zero-order chi connectivity index (χ0) is 10.6. The van der Waals surface area contributed by atoms with Gasteiger partial charge in [-0.1, -0.05) is 0 Å². The zero-order valence-electron chi connectivity index (χ0n) is 8.13. The first-order valence-corrected chi connectivity index (χ1v) is 4.11. The molecule has 0 spiro atoms. The predicted octanol–water partition coefficient (Wildman–Crippen LogP) is -1.01. The Morgan fingerprint density at radius 2 is 2.14 bits per heavy atom. The van der Waals surface area contributed by atoms with Crippen LogP contribution in [-0.2, 0) is 23.8 Å². The van der Waals surface area contributed by atoms with Gasteiger partial charge in [0.25, 0.3) is 5.91 Å². The van der Waals surface area contributed by atoms with E-state index in [0.717, 1.165) is 0 Å². The van der Waals surface area contributed by atoms with Crippen LogP contribution in [0.25, 0.3) is 0 Å². The van der Waals surface area contributed by atoms with E-state index >= 15 is 0 Å². The summed E-state index contributed by atoms with van der Waals surface area (Å²) in [5.74, 6) is -0.249. The number of carbonyl (C=O) groups excluding carboxylic acids is 2. The lowest BCUT2D eigenvalue weighted by atomic mass is 10.0. The third-order valence-electron chi connectivity index (χ3n) is 1.97. The summed E-state index contributed by atoms with van der Waals surface area (Å²) >= 11 is 0. The summed E-state index contributed by atoms with van der Waals surface area (Å²) in [7, 11) is 2.91. The minimum atomic E-state index is -0.720. The molecule has 0 aliphatic carbocycles. The van der Waals surface area contributed by atoms with E-state index in [4.69, 9.17) is 9.47 Å². The Balaban J connectivity index is 2.46. The number of β-lactam (4-membered cyclic amide) rings is 1. The van der Waals surface area contributed by atoms with E-state index in [0.29, 0.717) is 6.29 Å². The summed E-state index contributed by atoms with van der Waals surface area (Å²) in [6.45, 7) is 0.108. The van der Waals surface area contributed by atoms with Crippen molar-refractivity contribution < 1.29 is 23.8 Å². The smallest absolute Gasteiger partial charge is 0.256 e. The van der Waals surface area contributed by atoms with Crippen LogP contribution in [-0.4, -0.2) is 57.0 Å². The van der Waals surface area contributed by atoms with Crippen LogP contribution < -0.4 is 0 Å². The number of ether oxygens (including phenoxy) is 3. The third kappa shape index (κ3) is 1.92. The molecule has 0 unspecified atom stereocenters. The summed E-state index contributed by atoms with van der Waals surface area (Å²) in [4.78, 5) is 23.3. The average Bonchev–Trinajstić information content (AvgIpc) is 2.20. The molecule has 1 aliphatic rings. The molecule has 0 N–H and O–H groups in total. The second-order valence-electron chi connectivity index (χ2n) is 2.85. The number of amides is 1. The highest BCUT2D eigenvalue weighted by molar-refractivity contribution is 5.94. The van der Waals surface area contributed by atoms with Crippen molar-refractivity contribution in [2.45, 2.75) is 12.1 Å². The molecule has 2 atom stereocenters. The minimum absolute atomic E-state index is 0.00156. The molecule has 1 aliphatic heterocycles. The normalized spacial score (nSPS) is 26.1. The summed E-state index contributed by atoms with van der Waals surface area (Å²) < 4.78 is 14.4. The Labute approximate surface area is 81.7 Å². The molecule has 0 saturated carbocycles. The van der Waals surface area contributed by atoms with E-state index in [1.165, 1.54) is 19.1 Å². The standard InChI is InChI=1S/C8H13NO5/c1-12-4-9-6(3-10)7(8(9)11)14-5-13-2/h3,6-7H,4-5H2,1-2H3/t6-,7+/m0/s1. The maximum atomic E-state index is 11.3. The van der Waals surface area contributed by atoms with Gasteiger partial charge in [-0.05, 0) is 0 Å². The number of methoxy groups -OCH3 is 2. The maximum absolute atomic E-state index is 11.3. The summed E-state index contributed by atoms with van der Waals surface area (Å²) in [6, 6.07) is -0.558. The SMILES string of the molecule is COCO[C@H]1C(=O)N(COC)[C@H]1C=O. The molecule has 6 heteroatoms. The van der Waals surface area contributed by atoms with Crippen LogP contribution >= 0.6 is 0 Å². The largest absolute Gasteiger partial charge is 0.364 e. The van der Waals surface area contributed by atoms with Crippen LogP contribution in [0, 0.1) is 0 Å². The van der Waals surface area contributed by atoms with Crippen LogP contribution in [0.1, 0.15) is 0 Å². The zero-order valence-corrected chi connectivity index (χ0v) is 8.13. The van der Waals surface area contributed by atoms with Gasteiger partial charge in [-0.25, -0.2) is 0 Å². The minimum Gasteiger partial charge on any atom is -0.364 e. The molecule has 0 aromatic carbocycles. The molecule has 0 radical (unpaired) electrons. The highest BCUT2D eigenvalue weighted by Gasteiger charge is 2.48. The Hall–Kier alpha value is -0.980. The fourth-order valence-electron chi connectivity index (χ4n) is 1.28. The average molecular weight is 203 g/mol. The van der Waals surface area contributed by atoms with E-state index in [2.05, 4.69) is 4.74 Å². The van der Waals surface area contributed by atoms with Crippen LogP contribution in [0.4, 0.5) is 0 Å². The molecule has 1 fully saturated rings. The molecule has 1 saturated heterocycles. The van der Waals surface area contributed by atoms with Gasteiger partial charge in [-0.3, -0.25) is 4.79 Å².